The van der Waals surface area contributed by atoms with E-state index >= 15 is 0 Å². The van der Waals surface area contributed by atoms with E-state index in [0.717, 1.165) is 0 Å². The molecule has 0 heterocycles. The van der Waals surface area contributed by atoms with E-state index in [-0.39, 0.29) is 5.56 Å². The average Bonchev–Trinajstić information content (AvgIpc) is 2.37. The first-order valence-corrected chi connectivity index (χ1v) is 4.72. The Labute approximate surface area is 98.9 Å². The summed E-state index contributed by atoms with van der Waals surface area (Å²) in [5.74, 6) is 0.500. The van der Waals surface area contributed by atoms with Crippen LogP contribution in [0.4, 0.5) is 0 Å². The van der Waals surface area contributed by atoms with Crippen LogP contribution < -0.4 is 14.2 Å². The second-order valence-corrected chi connectivity index (χ2v) is 2.95. The fourth-order valence-electron chi connectivity index (χ4n) is 1.32. The highest BCUT2D eigenvalue weighted by Crippen LogP contribution is 2.38. The van der Waals surface area contributed by atoms with Crippen LogP contribution in [-0.2, 0) is 9.78 Å². The van der Waals surface area contributed by atoms with Crippen molar-refractivity contribution in [2.45, 2.75) is 0 Å². The predicted molar refractivity (Wildman–Crippen MR) is 58.5 cm³/mol. The molecule has 1 rings (SSSR count). The molecule has 0 fully saturated rings. The molecule has 0 amide bonds. The zero-order valence-electron chi connectivity index (χ0n) is 10.1. The van der Waals surface area contributed by atoms with Gasteiger partial charge in [0.2, 0.25) is 5.75 Å². The van der Waals surface area contributed by atoms with Crippen LogP contribution in [0.3, 0.4) is 0 Å². The number of ether oxygens (including phenoxy) is 3. The number of hydrogen-bond donors (Lipinski definition) is 0. The van der Waals surface area contributed by atoms with Crippen molar-refractivity contribution in [1.29, 1.82) is 0 Å². The molecule has 0 aliphatic heterocycles. The number of rotatable bonds is 5. The first kappa shape index (κ1) is 13.1. The van der Waals surface area contributed by atoms with Gasteiger partial charge >= 0.3 is 5.97 Å². The van der Waals surface area contributed by atoms with Crippen LogP contribution in [0.5, 0.6) is 17.2 Å². The van der Waals surface area contributed by atoms with E-state index in [9.17, 15) is 4.79 Å². The van der Waals surface area contributed by atoms with E-state index < -0.39 is 5.97 Å². The van der Waals surface area contributed by atoms with Crippen LogP contribution >= 0.6 is 0 Å². The van der Waals surface area contributed by atoms with Crippen molar-refractivity contribution in [2.24, 2.45) is 0 Å². The quantitative estimate of drug-likeness (QED) is 0.575. The van der Waals surface area contributed by atoms with Crippen molar-refractivity contribution in [2.75, 3.05) is 28.4 Å². The van der Waals surface area contributed by atoms with Gasteiger partial charge in [-0.15, -0.1) is 0 Å². The molecule has 0 saturated carbocycles. The number of carbonyl (C=O) groups is 1. The highest BCUT2D eigenvalue weighted by atomic mass is 17.2. The summed E-state index contributed by atoms with van der Waals surface area (Å²) in [5.41, 5.74) is 0.237. The van der Waals surface area contributed by atoms with E-state index in [1.54, 1.807) is 0 Å². The molecule has 1 aromatic rings. The minimum atomic E-state index is -0.647. The van der Waals surface area contributed by atoms with Crippen molar-refractivity contribution in [3.05, 3.63) is 17.7 Å². The Morgan fingerprint density at radius 3 is 1.82 bits per heavy atom. The summed E-state index contributed by atoms with van der Waals surface area (Å²) in [5, 5.41) is 0. The molecule has 1 aromatic carbocycles. The van der Waals surface area contributed by atoms with Crippen molar-refractivity contribution in [3.63, 3.8) is 0 Å². The third kappa shape index (κ3) is 2.79. The van der Waals surface area contributed by atoms with E-state index in [2.05, 4.69) is 9.78 Å². The smallest absolute Gasteiger partial charge is 0.373 e. The van der Waals surface area contributed by atoms with Gasteiger partial charge in [0.25, 0.3) is 0 Å². The van der Waals surface area contributed by atoms with Crippen molar-refractivity contribution in [3.8, 4) is 17.2 Å². The first-order valence-electron chi connectivity index (χ1n) is 4.72. The fourth-order valence-corrected chi connectivity index (χ4v) is 1.32. The van der Waals surface area contributed by atoms with Crippen LogP contribution in [0, 0.1) is 0 Å². The molecule has 0 unspecified atom stereocenters. The molecule has 0 atom stereocenters. The maximum absolute atomic E-state index is 11.5. The van der Waals surface area contributed by atoms with E-state index in [1.165, 1.54) is 40.6 Å². The van der Waals surface area contributed by atoms with E-state index in [1.807, 2.05) is 0 Å². The Morgan fingerprint density at radius 1 is 0.941 bits per heavy atom. The highest BCUT2D eigenvalue weighted by molar-refractivity contribution is 5.90. The summed E-state index contributed by atoms with van der Waals surface area (Å²) < 4.78 is 15.3. The molecule has 0 aliphatic rings. The van der Waals surface area contributed by atoms with Crippen molar-refractivity contribution in [1.82, 2.24) is 0 Å². The molecule has 0 spiro atoms. The van der Waals surface area contributed by atoms with Gasteiger partial charge in [-0.1, -0.05) is 0 Å². The highest BCUT2D eigenvalue weighted by Gasteiger charge is 2.18. The summed E-state index contributed by atoms with van der Waals surface area (Å²) in [4.78, 5) is 20.2. The average molecular weight is 242 g/mol. The van der Waals surface area contributed by atoms with Crippen molar-refractivity contribution < 1.29 is 28.8 Å². The molecular weight excluding hydrogens is 228 g/mol. The van der Waals surface area contributed by atoms with Crippen LogP contribution in [0.1, 0.15) is 10.4 Å². The standard InChI is InChI=1S/C11H14O6/c1-13-8-5-7(11(12)17-16-4)6-9(14-2)10(8)15-3/h5-6H,1-4H3. The molecule has 0 radical (unpaired) electrons. The third-order valence-electron chi connectivity index (χ3n) is 2.06. The second-order valence-electron chi connectivity index (χ2n) is 2.95. The zero-order valence-corrected chi connectivity index (χ0v) is 10.1. The Hall–Kier alpha value is -1.95. The Bertz CT molecular complexity index is 376. The Kier molecular flexibility index (Phi) is 4.59. The Morgan fingerprint density at radius 2 is 1.47 bits per heavy atom. The van der Waals surface area contributed by atoms with Gasteiger partial charge < -0.3 is 14.2 Å². The van der Waals surface area contributed by atoms with E-state index in [0.29, 0.717) is 17.2 Å². The lowest BCUT2D eigenvalue weighted by Crippen LogP contribution is -2.06. The number of hydrogen-bond acceptors (Lipinski definition) is 6. The van der Waals surface area contributed by atoms with Crippen LogP contribution in [0.25, 0.3) is 0 Å². The molecule has 0 N–H and O–H groups in total. The minimum Gasteiger partial charge on any atom is -0.493 e. The molecule has 6 nitrogen and oxygen atoms in total. The van der Waals surface area contributed by atoms with E-state index in [4.69, 9.17) is 14.2 Å². The lowest BCUT2D eigenvalue weighted by molar-refractivity contribution is -0.216. The molecule has 17 heavy (non-hydrogen) atoms. The zero-order chi connectivity index (χ0) is 12.8. The molecule has 0 aromatic heterocycles. The van der Waals surface area contributed by atoms with Crippen LogP contribution in [0.2, 0.25) is 0 Å². The predicted octanol–water partition coefficient (Wildman–Crippen LogP) is 1.43. The second kappa shape index (κ2) is 5.95. The number of benzene rings is 1. The first-order chi connectivity index (χ1) is 8.17. The van der Waals surface area contributed by atoms with Crippen molar-refractivity contribution >= 4 is 5.97 Å². The molecule has 0 bridgehead atoms. The van der Waals surface area contributed by atoms with Crippen LogP contribution in [-0.4, -0.2) is 34.4 Å². The normalized spacial score (nSPS) is 9.65. The van der Waals surface area contributed by atoms with Gasteiger partial charge in [-0.3, -0.25) is 4.89 Å². The summed E-state index contributed by atoms with van der Waals surface area (Å²) in [6.45, 7) is 0. The summed E-state index contributed by atoms with van der Waals surface area (Å²) in [7, 11) is 5.65. The van der Waals surface area contributed by atoms with Gasteiger partial charge in [-0.05, 0) is 12.1 Å². The maximum atomic E-state index is 11.5. The van der Waals surface area contributed by atoms with Gasteiger partial charge in [-0.25, -0.2) is 4.79 Å². The van der Waals surface area contributed by atoms with Crippen LogP contribution in [0.15, 0.2) is 12.1 Å². The fraction of sp³-hybridized carbons (Fsp3) is 0.364. The molecule has 6 heteroatoms. The van der Waals surface area contributed by atoms with Gasteiger partial charge in [-0.2, -0.15) is 4.89 Å². The number of carbonyl (C=O) groups excluding carboxylic acids is 1. The minimum absolute atomic E-state index is 0.237. The summed E-state index contributed by atoms with van der Waals surface area (Å²) in [6.07, 6.45) is 0. The lowest BCUT2D eigenvalue weighted by atomic mass is 10.2. The topological polar surface area (TPSA) is 63.2 Å². The molecular formula is C11H14O6. The maximum Gasteiger partial charge on any atom is 0.373 e. The Balaban J connectivity index is 3.22. The van der Waals surface area contributed by atoms with Gasteiger partial charge in [0.1, 0.15) is 0 Å². The lowest BCUT2D eigenvalue weighted by Gasteiger charge is -2.13. The molecule has 0 saturated heterocycles. The molecule has 0 aliphatic carbocycles. The number of methoxy groups -OCH3 is 3. The van der Waals surface area contributed by atoms with Gasteiger partial charge in [0.05, 0.1) is 34.0 Å². The molecule has 94 valence electrons. The van der Waals surface area contributed by atoms with Gasteiger partial charge in [0, 0.05) is 0 Å². The monoisotopic (exact) mass is 242 g/mol. The largest absolute Gasteiger partial charge is 0.493 e. The van der Waals surface area contributed by atoms with Gasteiger partial charge in [0.15, 0.2) is 11.5 Å². The summed E-state index contributed by atoms with van der Waals surface area (Å²) in [6, 6.07) is 2.95. The third-order valence-corrected chi connectivity index (χ3v) is 2.06. The summed E-state index contributed by atoms with van der Waals surface area (Å²) >= 11 is 0. The SMILES string of the molecule is COOC(=O)c1cc(OC)c(OC)c(OC)c1.